The minimum atomic E-state index is -1.43. The maximum Gasteiger partial charge on any atom is 0.165 e. The second kappa shape index (κ2) is 5.10. The fraction of sp³-hybridized carbons (Fsp3) is 0.538. The van der Waals surface area contributed by atoms with E-state index < -0.39 is 17.2 Å². The van der Waals surface area contributed by atoms with Gasteiger partial charge in [0.2, 0.25) is 0 Å². The topological polar surface area (TPSA) is 32.3 Å². The van der Waals surface area contributed by atoms with Gasteiger partial charge in [0, 0.05) is 18.2 Å². The van der Waals surface area contributed by atoms with E-state index in [0.717, 1.165) is 0 Å². The molecule has 0 saturated heterocycles. The molecule has 0 bridgehead atoms. The van der Waals surface area contributed by atoms with Crippen LogP contribution in [-0.2, 0) is 5.60 Å². The van der Waals surface area contributed by atoms with Crippen LogP contribution in [0.1, 0.15) is 31.9 Å². The van der Waals surface area contributed by atoms with Crippen molar-refractivity contribution in [3.63, 3.8) is 0 Å². The Morgan fingerprint density at radius 2 is 1.88 bits per heavy atom. The van der Waals surface area contributed by atoms with Crippen molar-refractivity contribution in [3.05, 3.63) is 34.9 Å². The maximum atomic E-state index is 13.7. The lowest BCUT2D eigenvalue weighted by molar-refractivity contribution is 0.0505. The van der Waals surface area contributed by atoms with Crippen LogP contribution in [0.2, 0.25) is 0 Å². The highest BCUT2D eigenvalue weighted by molar-refractivity contribution is 5.29. The number of aryl methyl sites for hydroxylation is 1. The van der Waals surface area contributed by atoms with E-state index in [2.05, 4.69) is 5.32 Å². The lowest BCUT2D eigenvalue weighted by atomic mass is 9.94. The molecule has 0 spiro atoms. The summed E-state index contributed by atoms with van der Waals surface area (Å²) >= 11 is 0. The van der Waals surface area contributed by atoms with Crippen LogP contribution in [0, 0.1) is 18.6 Å². The molecule has 1 unspecified atom stereocenters. The Balaban J connectivity index is 3.02. The van der Waals surface area contributed by atoms with Crippen molar-refractivity contribution in [2.75, 3.05) is 6.54 Å². The third-order valence-corrected chi connectivity index (χ3v) is 2.71. The van der Waals surface area contributed by atoms with Gasteiger partial charge in [-0.3, -0.25) is 0 Å². The van der Waals surface area contributed by atoms with Crippen molar-refractivity contribution >= 4 is 0 Å². The molecular formula is C13H19F2NO. The predicted octanol–water partition coefficient (Wildman–Crippen LogP) is 2.48. The van der Waals surface area contributed by atoms with Crippen LogP contribution in [0.5, 0.6) is 0 Å². The van der Waals surface area contributed by atoms with Crippen LogP contribution >= 0.6 is 0 Å². The Bertz CT molecular complexity index is 403. The van der Waals surface area contributed by atoms with Gasteiger partial charge in [0.25, 0.3) is 0 Å². The Kier molecular flexibility index (Phi) is 4.22. The highest BCUT2D eigenvalue weighted by Crippen LogP contribution is 2.26. The SMILES string of the molecule is Cc1ccc(C(C)(O)CNC(C)C)c(F)c1F. The van der Waals surface area contributed by atoms with Crippen LogP contribution in [0.3, 0.4) is 0 Å². The van der Waals surface area contributed by atoms with E-state index in [1.807, 2.05) is 13.8 Å². The summed E-state index contributed by atoms with van der Waals surface area (Å²) in [6.07, 6.45) is 0. The molecule has 0 aromatic heterocycles. The van der Waals surface area contributed by atoms with E-state index in [1.165, 1.54) is 26.0 Å². The van der Waals surface area contributed by atoms with Gasteiger partial charge in [0.05, 0.1) is 0 Å². The molecule has 1 aromatic rings. The average molecular weight is 243 g/mol. The number of hydrogen-bond donors (Lipinski definition) is 2. The number of aliphatic hydroxyl groups is 1. The summed E-state index contributed by atoms with van der Waals surface area (Å²) in [5.74, 6) is -1.87. The maximum absolute atomic E-state index is 13.7. The van der Waals surface area contributed by atoms with E-state index in [0.29, 0.717) is 0 Å². The van der Waals surface area contributed by atoms with Gasteiger partial charge in [0.15, 0.2) is 11.6 Å². The van der Waals surface area contributed by atoms with Gasteiger partial charge in [0.1, 0.15) is 5.60 Å². The first-order valence-corrected chi connectivity index (χ1v) is 5.66. The fourth-order valence-electron chi connectivity index (χ4n) is 1.56. The van der Waals surface area contributed by atoms with Gasteiger partial charge >= 0.3 is 0 Å². The van der Waals surface area contributed by atoms with Crippen molar-refractivity contribution in [1.82, 2.24) is 5.32 Å². The molecule has 2 nitrogen and oxygen atoms in total. The molecule has 0 aliphatic rings. The van der Waals surface area contributed by atoms with Crippen molar-refractivity contribution in [2.24, 2.45) is 0 Å². The molecule has 0 saturated carbocycles. The smallest absolute Gasteiger partial charge is 0.165 e. The molecule has 1 aromatic carbocycles. The summed E-state index contributed by atoms with van der Waals surface area (Å²) < 4.78 is 27.1. The van der Waals surface area contributed by atoms with Crippen LogP contribution in [0.4, 0.5) is 8.78 Å². The first kappa shape index (κ1) is 14.1. The quantitative estimate of drug-likeness (QED) is 0.851. The number of hydrogen-bond acceptors (Lipinski definition) is 2. The summed E-state index contributed by atoms with van der Waals surface area (Å²) in [6.45, 7) is 6.97. The molecule has 96 valence electrons. The van der Waals surface area contributed by atoms with Gasteiger partial charge in [-0.05, 0) is 19.4 Å². The molecular weight excluding hydrogens is 224 g/mol. The molecule has 17 heavy (non-hydrogen) atoms. The summed E-state index contributed by atoms with van der Waals surface area (Å²) in [5.41, 5.74) is -1.21. The van der Waals surface area contributed by atoms with Gasteiger partial charge in [-0.25, -0.2) is 8.78 Å². The number of nitrogens with one attached hydrogen (secondary N) is 1. The molecule has 2 N–H and O–H groups in total. The monoisotopic (exact) mass is 243 g/mol. The van der Waals surface area contributed by atoms with Crippen LogP contribution < -0.4 is 5.32 Å². The van der Waals surface area contributed by atoms with Gasteiger partial charge in [-0.1, -0.05) is 26.0 Å². The number of benzene rings is 1. The zero-order chi connectivity index (χ0) is 13.2. The van der Waals surface area contributed by atoms with Crippen molar-refractivity contribution < 1.29 is 13.9 Å². The van der Waals surface area contributed by atoms with E-state index in [9.17, 15) is 13.9 Å². The van der Waals surface area contributed by atoms with Gasteiger partial charge in [-0.15, -0.1) is 0 Å². The summed E-state index contributed by atoms with van der Waals surface area (Å²) in [5, 5.41) is 13.2. The highest BCUT2D eigenvalue weighted by atomic mass is 19.2. The van der Waals surface area contributed by atoms with Crippen molar-refractivity contribution in [3.8, 4) is 0 Å². The van der Waals surface area contributed by atoms with E-state index in [4.69, 9.17) is 0 Å². The molecule has 1 rings (SSSR count). The molecule has 0 fully saturated rings. The zero-order valence-electron chi connectivity index (χ0n) is 10.6. The fourth-order valence-corrected chi connectivity index (χ4v) is 1.56. The second-order valence-electron chi connectivity index (χ2n) is 4.87. The second-order valence-corrected chi connectivity index (χ2v) is 4.87. The summed E-state index contributed by atoms with van der Waals surface area (Å²) in [6, 6.07) is 3.06. The average Bonchev–Trinajstić information content (AvgIpc) is 2.23. The molecule has 4 heteroatoms. The van der Waals surface area contributed by atoms with Crippen molar-refractivity contribution in [1.29, 1.82) is 0 Å². The summed E-state index contributed by atoms with van der Waals surface area (Å²) in [7, 11) is 0. The minimum absolute atomic E-state index is 0.0197. The number of halogens is 2. The minimum Gasteiger partial charge on any atom is -0.384 e. The lowest BCUT2D eigenvalue weighted by Gasteiger charge is -2.26. The largest absolute Gasteiger partial charge is 0.384 e. The molecule has 0 heterocycles. The lowest BCUT2D eigenvalue weighted by Crippen LogP contribution is -2.39. The van der Waals surface area contributed by atoms with E-state index >= 15 is 0 Å². The molecule has 1 atom stereocenters. The van der Waals surface area contributed by atoms with Crippen LogP contribution in [0.15, 0.2) is 12.1 Å². The third-order valence-electron chi connectivity index (χ3n) is 2.71. The van der Waals surface area contributed by atoms with Gasteiger partial charge < -0.3 is 10.4 Å². The van der Waals surface area contributed by atoms with Crippen LogP contribution in [-0.4, -0.2) is 17.7 Å². The molecule has 0 aliphatic heterocycles. The Hall–Kier alpha value is -1.00. The first-order valence-electron chi connectivity index (χ1n) is 5.66. The Morgan fingerprint density at radius 1 is 1.29 bits per heavy atom. The van der Waals surface area contributed by atoms with E-state index in [-0.39, 0.29) is 23.7 Å². The van der Waals surface area contributed by atoms with E-state index in [1.54, 1.807) is 0 Å². The highest BCUT2D eigenvalue weighted by Gasteiger charge is 2.28. The van der Waals surface area contributed by atoms with Gasteiger partial charge in [-0.2, -0.15) is 0 Å². The van der Waals surface area contributed by atoms with Crippen molar-refractivity contribution in [2.45, 2.75) is 39.3 Å². The standard InChI is InChI=1S/C13H19F2NO/c1-8(2)16-7-13(4,17)10-6-5-9(3)11(14)12(10)15/h5-6,8,16-17H,7H2,1-4H3. The Labute approximate surface area is 101 Å². The molecule has 0 amide bonds. The predicted molar refractivity (Wildman–Crippen MR) is 63.8 cm³/mol. The third kappa shape index (κ3) is 3.23. The first-order chi connectivity index (χ1) is 7.75. The number of rotatable bonds is 4. The van der Waals surface area contributed by atoms with Crippen LogP contribution in [0.25, 0.3) is 0 Å². The zero-order valence-corrected chi connectivity index (χ0v) is 10.6. The normalized spacial score (nSPS) is 15.1. The Morgan fingerprint density at radius 3 is 2.41 bits per heavy atom. The molecule has 0 aliphatic carbocycles. The summed E-state index contributed by atoms with van der Waals surface area (Å²) in [4.78, 5) is 0. The molecule has 0 radical (unpaired) electrons.